The smallest absolute Gasteiger partial charge is 0.371 e. The second-order valence-corrected chi connectivity index (χ2v) is 6.07. The molecule has 1 aliphatic heterocycles. The average molecular weight is 370 g/mol. The molecule has 1 amide bonds. The van der Waals surface area contributed by atoms with Gasteiger partial charge < -0.3 is 15.0 Å². The highest BCUT2D eigenvalue weighted by Crippen LogP contribution is 2.28. The fourth-order valence-corrected chi connectivity index (χ4v) is 2.92. The van der Waals surface area contributed by atoms with E-state index in [0.29, 0.717) is 19.1 Å². The fourth-order valence-electron chi connectivity index (χ4n) is 2.92. The van der Waals surface area contributed by atoms with Crippen LogP contribution in [0.3, 0.4) is 0 Å². The summed E-state index contributed by atoms with van der Waals surface area (Å²) >= 11 is 0. The maximum absolute atomic E-state index is 12.7. The van der Waals surface area contributed by atoms with E-state index in [1.165, 1.54) is 0 Å². The van der Waals surface area contributed by atoms with Crippen molar-refractivity contribution >= 4 is 5.91 Å². The van der Waals surface area contributed by atoms with E-state index < -0.39 is 29.3 Å². The first-order valence-corrected chi connectivity index (χ1v) is 7.97. The van der Waals surface area contributed by atoms with Crippen LogP contribution in [0.25, 0.3) is 0 Å². The van der Waals surface area contributed by atoms with Crippen LogP contribution < -0.4 is 10.9 Å². The van der Waals surface area contributed by atoms with Crippen LogP contribution in [-0.4, -0.2) is 33.3 Å². The minimum Gasteiger partial charge on any atom is -0.371 e. The van der Waals surface area contributed by atoms with Gasteiger partial charge in [-0.2, -0.15) is 18.3 Å². The third kappa shape index (κ3) is 3.79. The van der Waals surface area contributed by atoms with Gasteiger partial charge in [0.25, 0.3) is 11.5 Å². The number of pyridine rings is 1. The zero-order valence-electron chi connectivity index (χ0n) is 13.8. The van der Waals surface area contributed by atoms with Gasteiger partial charge in [0.05, 0.1) is 12.2 Å². The molecule has 2 atom stereocenters. The number of amides is 1. The lowest BCUT2D eigenvalue weighted by atomic mass is 9.98. The zero-order chi connectivity index (χ0) is 18.9. The summed E-state index contributed by atoms with van der Waals surface area (Å²) in [5, 5.41) is 6.80. The fraction of sp³-hybridized carbons (Fsp3) is 0.438. The number of nitrogens with one attached hydrogen (secondary N) is 2. The van der Waals surface area contributed by atoms with Crippen LogP contribution in [0.1, 0.15) is 40.6 Å². The van der Waals surface area contributed by atoms with Crippen LogP contribution >= 0.6 is 0 Å². The van der Waals surface area contributed by atoms with Crippen LogP contribution in [-0.2, 0) is 18.0 Å². The Hall–Kier alpha value is -2.62. The van der Waals surface area contributed by atoms with Crippen molar-refractivity contribution < 1.29 is 22.7 Å². The van der Waals surface area contributed by atoms with Crippen molar-refractivity contribution in [2.24, 2.45) is 7.05 Å². The first kappa shape index (κ1) is 18.2. The van der Waals surface area contributed by atoms with E-state index in [4.69, 9.17) is 4.74 Å². The molecule has 0 aliphatic carbocycles. The number of alkyl halides is 3. The standard InChI is InChI=1S/C16H17F3N4O3/c1-23-8-9(7-20-23)13-11(3-2-6-26-13)21-15(25)12-5-4-10(14(24)22-12)16(17,18)19/h4-5,7-8,11,13H,2-3,6H2,1H3,(H,21,25)(H,22,24)/t11-,13+/m0/s1. The average Bonchev–Trinajstić information content (AvgIpc) is 3.00. The second-order valence-electron chi connectivity index (χ2n) is 6.07. The van der Waals surface area contributed by atoms with E-state index in [-0.39, 0.29) is 11.7 Å². The molecule has 3 heterocycles. The Bertz CT molecular complexity index is 859. The summed E-state index contributed by atoms with van der Waals surface area (Å²) < 4.78 is 45.3. The molecule has 0 spiro atoms. The van der Waals surface area contributed by atoms with Crippen molar-refractivity contribution in [3.05, 3.63) is 51.7 Å². The van der Waals surface area contributed by atoms with Crippen molar-refractivity contribution in [1.82, 2.24) is 20.1 Å². The van der Waals surface area contributed by atoms with E-state index >= 15 is 0 Å². The predicted octanol–water partition coefficient (Wildman–Crippen LogP) is 1.78. The van der Waals surface area contributed by atoms with Crippen LogP contribution in [0, 0.1) is 0 Å². The Kier molecular flexibility index (Phi) is 4.86. The lowest BCUT2D eigenvalue weighted by Gasteiger charge is -2.31. The van der Waals surface area contributed by atoms with Gasteiger partial charge in [-0.1, -0.05) is 0 Å². The van der Waals surface area contributed by atoms with Gasteiger partial charge in [-0.3, -0.25) is 14.3 Å². The summed E-state index contributed by atoms with van der Waals surface area (Å²) in [5.74, 6) is -0.666. The van der Waals surface area contributed by atoms with Crippen molar-refractivity contribution in [3.63, 3.8) is 0 Å². The van der Waals surface area contributed by atoms with Gasteiger partial charge in [-0.05, 0) is 25.0 Å². The maximum atomic E-state index is 12.7. The van der Waals surface area contributed by atoms with Gasteiger partial charge >= 0.3 is 6.18 Å². The molecule has 1 aliphatic rings. The highest BCUT2D eigenvalue weighted by atomic mass is 19.4. The van der Waals surface area contributed by atoms with Gasteiger partial charge in [0, 0.05) is 25.4 Å². The first-order chi connectivity index (χ1) is 12.3. The Morgan fingerprint density at radius 1 is 1.42 bits per heavy atom. The monoisotopic (exact) mass is 370 g/mol. The van der Waals surface area contributed by atoms with Crippen LogP contribution in [0.5, 0.6) is 0 Å². The molecule has 0 aromatic carbocycles. The van der Waals surface area contributed by atoms with Crippen molar-refractivity contribution in [1.29, 1.82) is 0 Å². The number of nitrogens with zero attached hydrogens (tertiary/aromatic N) is 2. The van der Waals surface area contributed by atoms with E-state index in [0.717, 1.165) is 18.1 Å². The minimum absolute atomic E-state index is 0.237. The number of ether oxygens (including phenoxy) is 1. The highest BCUT2D eigenvalue weighted by Gasteiger charge is 2.34. The summed E-state index contributed by atoms with van der Waals surface area (Å²) in [7, 11) is 1.76. The molecule has 7 nitrogen and oxygen atoms in total. The molecule has 0 saturated carbocycles. The summed E-state index contributed by atoms with van der Waals surface area (Å²) in [6, 6.07) is 1.16. The quantitative estimate of drug-likeness (QED) is 0.862. The molecule has 26 heavy (non-hydrogen) atoms. The molecule has 0 bridgehead atoms. The summed E-state index contributed by atoms with van der Waals surface area (Å²) in [5.41, 5.74) is -2.14. The number of halogens is 3. The van der Waals surface area contributed by atoms with Gasteiger partial charge in [-0.15, -0.1) is 0 Å². The molecule has 1 saturated heterocycles. The zero-order valence-corrected chi connectivity index (χ0v) is 13.8. The molecule has 10 heteroatoms. The van der Waals surface area contributed by atoms with E-state index in [9.17, 15) is 22.8 Å². The lowest BCUT2D eigenvalue weighted by molar-refractivity contribution is -0.138. The van der Waals surface area contributed by atoms with Crippen molar-refractivity contribution in [3.8, 4) is 0 Å². The number of aromatic amines is 1. The maximum Gasteiger partial charge on any atom is 0.421 e. The van der Waals surface area contributed by atoms with Crippen LogP contribution in [0.15, 0.2) is 29.3 Å². The van der Waals surface area contributed by atoms with Crippen LogP contribution in [0.2, 0.25) is 0 Å². The number of carbonyl (C=O) groups excluding carboxylic acids is 1. The Labute approximate surface area is 146 Å². The summed E-state index contributed by atoms with van der Waals surface area (Å²) in [6.45, 7) is 0.531. The number of carbonyl (C=O) groups is 1. The molecular weight excluding hydrogens is 353 g/mol. The predicted molar refractivity (Wildman–Crippen MR) is 84.5 cm³/mol. The number of hydrogen-bond donors (Lipinski definition) is 2. The minimum atomic E-state index is -4.77. The molecule has 2 N–H and O–H groups in total. The molecule has 1 fully saturated rings. The second kappa shape index (κ2) is 6.94. The number of H-pyrrole nitrogens is 1. The summed E-state index contributed by atoms with van der Waals surface area (Å²) in [6.07, 6.45) is -0.417. The Morgan fingerprint density at radius 2 is 2.19 bits per heavy atom. The molecule has 2 aromatic rings. The number of aryl methyl sites for hydroxylation is 1. The third-order valence-electron chi connectivity index (χ3n) is 4.15. The van der Waals surface area contributed by atoms with Gasteiger partial charge in [-0.25, -0.2) is 0 Å². The molecule has 140 valence electrons. The highest BCUT2D eigenvalue weighted by molar-refractivity contribution is 5.92. The largest absolute Gasteiger partial charge is 0.421 e. The normalized spacial score (nSPS) is 20.8. The molecule has 2 aromatic heterocycles. The number of hydrogen-bond acceptors (Lipinski definition) is 4. The SMILES string of the molecule is Cn1cc([C@H]2OCCC[C@@H]2NC(=O)c2ccc(C(F)(F)F)c(=O)[nH]2)cn1. The topological polar surface area (TPSA) is 89.0 Å². The van der Waals surface area contributed by atoms with Gasteiger partial charge in [0.2, 0.25) is 0 Å². The molecule has 0 unspecified atom stereocenters. The molecule has 3 rings (SSSR count). The third-order valence-corrected chi connectivity index (χ3v) is 4.15. The number of rotatable bonds is 3. The Morgan fingerprint density at radius 3 is 2.81 bits per heavy atom. The number of aromatic nitrogens is 3. The molecular formula is C16H17F3N4O3. The van der Waals surface area contributed by atoms with E-state index in [1.807, 2.05) is 4.98 Å². The van der Waals surface area contributed by atoms with E-state index in [2.05, 4.69) is 10.4 Å². The van der Waals surface area contributed by atoms with Gasteiger partial charge in [0.1, 0.15) is 17.4 Å². The van der Waals surface area contributed by atoms with E-state index in [1.54, 1.807) is 24.1 Å². The lowest BCUT2D eigenvalue weighted by Crippen LogP contribution is -2.43. The van der Waals surface area contributed by atoms with Crippen LogP contribution in [0.4, 0.5) is 13.2 Å². The van der Waals surface area contributed by atoms with Crippen molar-refractivity contribution in [2.75, 3.05) is 6.61 Å². The Balaban J connectivity index is 1.78. The van der Waals surface area contributed by atoms with Crippen molar-refractivity contribution in [2.45, 2.75) is 31.2 Å². The van der Waals surface area contributed by atoms with Gasteiger partial charge in [0.15, 0.2) is 0 Å². The first-order valence-electron chi connectivity index (χ1n) is 7.97. The molecule has 0 radical (unpaired) electrons. The summed E-state index contributed by atoms with van der Waals surface area (Å²) in [4.78, 5) is 25.9.